The van der Waals surface area contributed by atoms with Gasteiger partial charge in [-0.15, -0.1) is 11.3 Å². The minimum atomic E-state index is -1.07. The van der Waals surface area contributed by atoms with Gasteiger partial charge in [0.1, 0.15) is 16.8 Å². The van der Waals surface area contributed by atoms with Crippen LogP contribution < -0.4 is 10.1 Å². The lowest BCUT2D eigenvalue weighted by Crippen LogP contribution is -2.42. The van der Waals surface area contributed by atoms with Crippen molar-refractivity contribution in [2.24, 2.45) is 0 Å². The predicted octanol–water partition coefficient (Wildman–Crippen LogP) is 8.55. The van der Waals surface area contributed by atoms with Crippen molar-refractivity contribution in [3.05, 3.63) is 94.9 Å². The number of unbranched alkanes of at least 4 members (excludes halogenated alkanes) is 4. The van der Waals surface area contributed by atoms with E-state index in [-0.39, 0.29) is 11.8 Å². The summed E-state index contributed by atoms with van der Waals surface area (Å²) in [5, 5.41) is 15.4. The fourth-order valence-corrected chi connectivity index (χ4v) is 5.57. The summed E-state index contributed by atoms with van der Waals surface area (Å²) < 4.78 is 5.89. The molecular weight excluding hydrogens is 556 g/mol. The molecule has 0 bridgehead atoms. The van der Waals surface area contributed by atoms with E-state index >= 15 is 0 Å². The Kier molecular flexibility index (Phi) is 11.1. The van der Waals surface area contributed by atoms with Crippen LogP contribution in [0.2, 0.25) is 0 Å². The third kappa shape index (κ3) is 9.26. The van der Waals surface area contributed by atoms with Gasteiger partial charge in [-0.25, -0.2) is 9.78 Å². The fraction of sp³-hybridized carbons (Fsp3) is 0.361. The summed E-state index contributed by atoms with van der Waals surface area (Å²) in [6.45, 7) is 9.27. The summed E-state index contributed by atoms with van der Waals surface area (Å²) >= 11 is 1.58. The van der Waals surface area contributed by atoms with Crippen LogP contribution in [0.3, 0.4) is 0 Å². The maximum absolute atomic E-state index is 12.8. The molecule has 43 heavy (non-hydrogen) atoms. The van der Waals surface area contributed by atoms with Crippen molar-refractivity contribution in [2.75, 3.05) is 6.61 Å². The number of carbonyl (C=O) groups excluding carboxylic acids is 1. The molecule has 0 radical (unpaired) electrons. The number of ether oxygens (including phenoxy) is 1. The number of thiazole rings is 1. The molecule has 0 aliphatic carbocycles. The fourth-order valence-electron chi connectivity index (χ4n) is 4.74. The Morgan fingerprint density at radius 2 is 1.53 bits per heavy atom. The van der Waals surface area contributed by atoms with E-state index in [4.69, 9.17) is 9.72 Å². The largest absolute Gasteiger partial charge is 0.494 e. The zero-order valence-corrected chi connectivity index (χ0v) is 26.4. The maximum atomic E-state index is 12.8. The van der Waals surface area contributed by atoms with Gasteiger partial charge in [-0.05, 0) is 59.4 Å². The lowest BCUT2D eigenvalue weighted by atomic mass is 9.86. The van der Waals surface area contributed by atoms with Crippen molar-refractivity contribution >= 4 is 23.2 Å². The smallest absolute Gasteiger partial charge is 0.326 e. The number of carbonyl (C=O) groups is 2. The summed E-state index contributed by atoms with van der Waals surface area (Å²) in [5.41, 5.74) is 5.18. The Labute approximate surface area is 259 Å². The molecule has 1 aromatic heterocycles. The van der Waals surface area contributed by atoms with Crippen molar-refractivity contribution in [1.29, 1.82) is 0 Å². The van der Waals surface area contributed by atoms with E-state index in [1.807, 2.05) is 66.0 Å². The lowest BCUT2D eigenvalue weighted by Gasteiger charge is -2.19. The van der Waals surface area contributed by atoms with Gasteiger partial charge in [0.25, 0.3) is 5.91 Å². The van der Waals surface area contributed by atoms with Gasteiger partial charge in [-0.1, -0.05) is 89.8 Å². The number of carboxylic acid groups (broad SMARTS) is 1. The zero-order valence-electron chi connectivity index (χ0n) is 25.6. The number of aromatic nitrogens is 1. The van der Waals surface area contributed by atoms with E-state index < -0.39 is 17.9 Å². The highest BCUT2D eigenvalue weighted by Crippen LogP contribution is 2.30. The Hall–Kier alpha value is -3.97. The topological polar surface area (TPSA) is 88.5 Å². The number of benzene rings is 3. The van der Waals surface area contributed by atoms with Crippen LogP contribution in [0.1, 0.15) is 81.3 Å². The molecular formula is C36H42N2O4S. The molecule has 6 nitrogen and oxygen atoms in total. The molecule has 1 atom stereocenters. The number of rotatable bonds is 14. The van der Waals surface area contributed by atoms with Crippen LogP contribution in [0.4, 0.5) is 0 Å². The highest BCUT2D eigenvalue weighted by Gasteiger charge is 2.22. The van der Waals surface area contributed by atoms with E-state index in [1.165, 1.54) is 25.7 Å². The van der Waals surface area contributed by atoms with Gasteiger partial charge in [0.2, 0.25) is 0 Å². The summed E-state index contributed by atoms with van der Waals surface area (Å²) in [6, 6.07) is 22.0. The van der Waals surface area contributed by atoms with Gasteiger partial charge in [0, 0.05) is 28.5 Å². The Bertz CT molecular complexity index is 1470. The van der Waals surface area contributed by atoms with Crippen LogP contribution in [-0.2, 0) is 16.6 Å². The van der Waals surface area contributed by atoms with E-state index in [0.717, 1.165) is 51.7 Å². The molecule has 2 N–H and O–H groups in total. The molecule has 4 aromatic rings. The number of aliphatic carboxylic acids is 1. The third-order valence-corrected chi connectivity index (χ3v) is 8.32. The van der Waals surface area contributed by atoms with Crippen LogP contribution in [0, 0.1) is 0 Å². The molecule has 3 aromatic carbocycles. The minimum Gasteiger partial charge on any atom is -0.494 e. The molecule has 4 rings (SSSR count). The number of hydrogen-bond donors (Lipinski definition) is 2. The summed E-state index contributed by atoms with van der Waals surface area (Å²) in [5.74, 6) is -0.598. The first kappa shape index (κ1) is 32.0. The number of carboxylic acids is 1. The molecule has 0 aliphatic heterocycles. The van der Waals surface area contributed by atoms with Gasteiger partial charge in [0.15, 0.2) is 0 Å². The monoisotopic (exact) mass is 598 g/mol. The Morgan fingerprint density at radius 3 is 2.16 bits per heavy atom. The van der Waals surface area contributed by atoms with Crippen LogP contribution in [0.15, 0.2) is 78.2 Å². The quantitative estimate of drug-likeness (QED) is 0.142. The molecule has 1 amide bonds. The molecule has 1 unspecified atom stereocenters. The maximum Gasteiger partial charge on any atom is 0.326 e. The van der Waals surface area contributed by atoms with Crippen LogP contribution in [-0.4, -0.2) is 34.6 Å². The van der Waals surface area contributed by atoms with Gasteiger partial charge in [0.05, 0.1) is 12.3 Å². The second kappa shape index (κ2) is 15.0. The molecule has 0 saturated heterocycles. The number of nitrogens with zero attached hydrogens (tertiary/aromatic N) is 1. The third-order valence-electron chi connectivity index (χ3n) is 7.43. The van der Waals surface area contributed by atoms with Crippen LogP contribution in [0.25, 0.3) is 21.8 Å². The number of amides is 1. The molecule has 226 valence electrons. The van der Waals surface area contributed by atoms with E-state index in [0.29, 0.717) is 5.56 Å². The first-order chi connectivity index (χ1) is 20.6. The number of nitrogens with one attached hydrogen (secondary N) is 1. The normalized spacial score (nSPS) is 12.1. The highest BCUT2D eigenvalue weighted by atomic mass is 32.1. The molecule has 0 saturated carbocycles. The zero-order chi connectivity index (χ0) is 30.8. The minimum absolute atomic E-state index is 0.0292. The van der Waals surface area contributed by atoms with E-state index in [1.54, 1.807) is 23.5 Å². The SMILES string of the molecule is CCCCCCCOc1ccc(-c2nc(-c3ccc(CC(NC(=O)c4ccc(C(C)(C)C)cc4)C(=O)O)cc3)cs2)cc1. The first-order valence-electron chi connectivity index (χ1n) is 15.1. The lowest BCUT2D eigenvalue weighted by molar-refractivity contribution is -0.139. The second-order valence-electron chi connectivity index (χ2n) is 11.9. The van der Waals surface area contributed by atoms with Crippen molar-refractivity contribution in [3.63, 3.8) is 0 Å². The van der Waals surface area contributed by atoms with Crippen LogP contribution >= 0.6 is 11.3 Å². The summed E-state index contributed by atoms with van der Waals surface area (Å²) in [4.78, 5) is 29.6. The second-order valence-corrected chi connectivity index (χ2v) is 12.8. The van der Waals surface area contributed by atoms with Crippen molar-refractivity contribution in [2.45, 2.75) is 77.7 Å². The standard InChI is InChI=1S/C36H42N2O4S/c1-5-6-7-8-9-22-42-30-20-16-28(17-21-30)34-38-32(24-43-34)26-12-10-25(11-13-26)23-31(35(40)41)37-33(39)27-14-18-29(19-15-27)36(2,3)4/h10-21,24,31H,5-9,22-23H2,1-4H3,(H,37,39)(H,40,41). The Balaban J connectivity index is 1.33. The van der Waals surface area contributed by atoms with Gasteiger partial charge >= 0.3 is 5.97 Å². The van der Waals surface area contributed by atoms with Crippen LogP contribution in [0.5, 0.6) is 5.75 Å². The van der Waals surface area contributed by atoms with Crippen molar-refractivity contribution in [1.82, 2.24) is 10.3 Å². The van der Waals surface area contributed by atoms with Gasteiger partial charge < -0.3 is 15.2 Å². The average Bonchev–Trinajstić information content (AvgIpc) is 3.49. The Morgan fingerprint density at radius 1 is 0.884 bits per heavy atom. The molecule has 0 spiro atoms. The molecule has 0 fully saturated rings. The van der Waals surface area contributed by atoms with E-state index in [9.17, 15) is 14.7 Å². The van der Waals surface area contributed by atoms with Crippen molar-refractivity contribution < 1.29 is 19.4 Å². The summed E-state index contributed by atoms with van der Waals surface area (Å²) in [6.07, 6.45) is 6.26. The number of hydrogen-bond acceptors (Lipinski definition) is 5. The predicted molar refractivity (Wildman–Crippen MR) is 175 cm³/mol. The molecule has 0 aliphatic rings. The molecule has 1 heterocycles. The molecule has 7 heteroatoms. The summed E-state index contributed by atoms with van der Waals surface area (Å²) in [7, 11) is 0. The average molecular weight is 599 g/mol. The van der Waals surface area contributed by atoms with Gasteiger partial charge in [-0.2, -0.15) is 0 Å². The first-order valence-corrected chi connectivity index (χ1v) is 15.9. The van der Waals surface area contributed by atoms with Crippen molar-refractivity contribution in [3.8, 4) is 27.6 Å². The van der Waals surface area contributed by atoms with Gasteiger partial charge in [-0.3, -0.25) is 4.79 Å². The highest BCUT2D eigenvalue weighted by molar-refractivity contribution is 7.13. The van der Waals surface area contributed by atoms with E-state index in [2.05, 4.69) is 33.0 Å².